The number of piperidine rings is 1. The maximum atomic E-state index is 12.4. The fourth-order valence-corrected chi connectivity index (χ4v) is 4.11. The second kappa shape index (κ2) is 5.73. The molecule has 24 heavy (non-hydrogen) atoms. The molecule has 2 aromatic rings. The first-order valence-electron chi connectivity index (χ1n) is 8.40. The molecule has 7 heteroatoms. The van der Waals surface area contributed by atoms with Crippen LogP contribution in [0.5, 0.6) is 0 Å². The molecule has 1 amide bonds. The van der Waals surface area contributed by atoms with Crippen LogP contribution in [0.4, 0.5) is 0 Å². The van der Waals surface area contributed by atoms with Gasteiger partial charge in [-0.25, -0.2) is 0 Å². The maximum absolute atomic E-state index is 12.4. The molecule has 0 bridgehead atoms. The van der Waals surface area contributed by atoms with Crippen LogP contribution < -0.4 is 0 Å². The highest BCUT2D eigenvalue weighted by molar-refractivity contribution is 5.91. The van der Waals surface area contributed by atoms with Gasteiger partial charge in [0.1, 0.15) is 0 Å². The van der Waals surface area contributed by atoms with E-state index in [2.05, 4.69) is 22.1 Å². The molecule has 1 unspecified atom stereocenters. The van der Waals surface area contributed by atoms with Crippen LogP contribution >= 0.6 is 0 Å². The van der Waals surface area contributed by atoms with E-state index in [1.807, 2.05) is 11.8 Å². The van der Waals surface area contributed by atoms with Gasteiger partial charge in [-0.05, 0) is 43.9 Å². The molecule has 2 aromatic heterocycles. The minimum absolute atomic E-state index is 0.00783. The lowest BCUT2D eigenvalue weighted by atomic mass is 9.76. The molecule has 0 radical (unpaired) electrons. The molecule has 0 saturated carbocycles. The number of aryl methyl sites for hydroxylation is 1. The fraction of sp³-hybridized carbons (Fsp3) is 0.588. The zero-order valence-electron chi connectivity index (χ0n) is 14.1. The average molecular weight is 330 g/mol. The van der Waals surface area contributed by atoms with Crippen LogP contribution in [-0.2, 0) is 0 Å². The van der Waals surface area contributed by atoms with Crippen LogP contribution in [0.1, 0.15) is 47.6 Å². The molecule has 7 nitrogen and oxygen atoms in total. The summed E-state index contributed by atoms with van der Waals surface area (Å²) >= 11 is 0. The molecule has 128 valence electrons. The third-order valence-corrected chi connectivity index (χ3v) is 5.43. The minimum atomic E-state index is -0.00783. The number of carbonyl (C=O) groups is 1. The normalized spacial score (nSPS) is 23.9. The van der Waals surface area contributed by atoms with Crippen molar-refractivity contribution in [1.29, 1.82) is 0 Å². The van der Waals surface area contributed by atoms with Gasteiger partial charge < -0.3 is 13.8 Å². The van der Waals surface area contributed by atoms with E-state index in [1.54, 1.807) is 18.4 Å². The predicted molar refractivity (Wildman–Crippen MR) is 85.3 cm³/mol. The zero-order chi connectivity index (χ0) is 16.7. The SMILES string of the molecule is Cc1nc(C2CC3(CCN(C(=O)c4ccco4)CC3)CN2C)no1. The number of hydrogen-bond acceptors (Lipinski definition) is 6. The van der Waals surface area contributed by atoms with Crippen molar-refractivity contribution in [3.63, 3.8) is 0 Å². The second-order valence-corrected chi connectivity index (χ2v) is 7.08. The Hall–Kier alpha value is -2.15. The van der Waals surface area contributed by atoms with Gasteiger partial charge in [-0.2, -0.15) is 4.98 Å². The van der Waals surface area contributed by atoms with Gasteiger partial charge in [-0.15, -0.1) is 0 Å². The predicted octanol–water partition coefficient (Wildman–Crippen LogP) is 2.27. The lowest BCUT2D eigenvalue weighted by Gasteiger charge is -2.38. The summed E-state index contributed by atoms with van der Waals surface area (Å²) < 4.78 is 10.4. The summed E-state index contributed by atoms with van der Waals surface area (Å²) in [4.78, 5) is 21.0. The van der Waals surface area contributed by atoms with Gasteiger partial charge in [0.05, 0.1) is 12.3 Å². The van der Waals surface area contributed by atoms with Crippen LogP contribution in [0.3, 0.4) is 0 Å². The number of likely N-dealkylation sites (tertiary alicyclic amines) is 2. The number of nitrogens with zero attached hydrogens (tertiary/aromatic N) is 4. The molecule has 1 atom stereocenters. The third-order valence-electron chi connectivity index (χ3n) is 5.43. The summed E-state index contributed by atoms with van der Waals surface area (Å²) in [6.45, 7) is 4.37. The Kier molecular flexibility index (Phi) is 3.68. The third kappa shape index (κ3) is 2.62. The molecule has 0 aromatic carbocycles. The van der Waals surface area contributed by atoms with E-state index in [1.165, 1.54) is 0 Å². The first-order chi connectivity index (χ1) is 11.6. The highest BCUT2D eigenvalue weighted by atomic mass is 16.5. The smallest absolute Gasteiger partial charge is 0.289 e. The number of rotatable bonds is 2. The molecule has 1 spiro atoms. The summed E-state index contributed by atoms with van der Waals surface area (Å²) in [6.07, 6.45) is 4.56. The van der Waals surface area contributed by atoms with Crippen molar-refractivity contribution in [3.8, 4) is 0 Å². The highest BCUT2D eigenvalue weighted by Crippen LogP contribution is 2.47. The molecule has 4 heterocycles. The number of aromatic nitrogens is 2. The van der Waals surface area contributed by atoms with Crippen molar-refractivity contribution in [2.24, 2.45) is 5.41 Å². The Morgan fingerprint density at radius 3 is 2.79 bits per heavy atom. The summed E-state index contributed by atoms with van der Waals surface area (Å²) in [6, 6.07) is 3.68. The second-order valence-electron chi connectivity index (χ2n) is 7.08. The van der Waals surface area contributed by atoms with Gasteiger partial charge in [0.25, 0.3) is 5.91 Å². The van der Waals surface area contributed by atoms with Crippen molar-refractivity contribution in [1.82, 2.24) is 19.9 Å². The zero-order valence-corrected chi connectivity index (χ0v) is 14.1. The summed E-state index contributed by atoms with van der Waals surface area (Å²) in [5.74, 6) is 1.81. The van der Waals surface area contributed by atoms with Gasteiger partial charge in [0.15, 0.2) is 11.6 Å². The number of hydrogen-bond donors (Lipinski definition) is 0. The first-order valence-corrected chi connectivity index (χ1v) is 8.40. The van der Waals surface area contributed by atoms with Gasteiger partial charge in [0, 0.05) is 26.6 Å². The minimum Gasteiger partial charge on any atom is -0.459 e. The molecule has 2 fully saturated rings. The van der Waals surface area contributed by atoms with E-state index in [4.69, 9.17) is 8.94 Å². The Morgan fingerprint density at radius 2 is 2.17 bits per heavy atom. The van der Waals surface area contributed by atoms with E-state index in [9.17, 15) is 4.79 Å². The molecule has 4 rings (SSSR count). The highest BCUT2D eigenvalue weighted by Gasteiger charge is 2.46. The van der Waals surface area contributed by atoms with Crippen LogP contribution in [0.25, 0.3) is 0 Å². The monoisotopic (exact) mass is 330 g/mol. The fourth-order valence-electron chi connectivity index (χ4n) is 4.11. The van der Waals surface area contributed by atoms with E-state index in [0.29, 0.717) is 11.7 Å². The Morgan fingerprint density at radius 1 is 1.38 bits per heavy atom. The van der Waals surface area contributed by atoms with Gasteiger partial charge >= 0.3 is 0 Å². The number of carbonyl (C=O) groups excluding carboxylic acids is 1. The molecule has 2 aliphatic rings. The van der Waals surface area contributed by atoms with E-state index in [0.717, 1.165) is 44.7 Å². The summed E-state index contributed by atoms with van der Waals surface area (Å²) in [5, 5.41) is 4.10. The summed E-state index contributed by atoms with van der Waals surface area (Å²) in [7, 11) is 2.12. The number of furan rings is 1. The van der Waals surface area contributed by atoms with Crippen LogP contribution in [-0.4, -0.2) is 52.5 Å². The standard InChI is InChI=1S/C17H22N4O3/c1-12-18-15(19-24-12)13-10-17(11-20(13)2)5-7-21(8-6-17)16(22)14-4-3-9-23-14/h3-4,9,13H,5-8,10-11H2,1-2H3. The van der Waals surface area contributed by atoms with Crippen molar-refractivity contribution < 1.29 is 13.7 Å². The molecular weight excluding hydrogens is 308 g/mol. The van der Waals surface area contributed by atoms with Gasteiger partial charge in [0.2, 0.25) is 5.89 Å². The number of amides is 1. The van der Waals surface area contributed by atoms with E-state index < -0.39 is 0 Å². The topological polar surface area (TPSA) is 75.6 Å². The quantitative estimate of drug-likeness (QED) is 0.841. The molecule has 2 saturated heterocycles. The van der Waals surface area contributed by atoms with Crippen molar-refractivity contribution >= 4 is 5.91 Å². The van der Waals surface area contributed by atoms with Crippen LogP contribution in [0, 0.1) is 12.3 Å². The Bertz CT molecular complexity index is 716. The average Bonchev–Trinajstić information content (AvgIpc) is 3.29. The molecule has 2 aliphatic heterocycles. The lowest BCUT2D eigenvalue weighted by molar-refractivity contribution is 0.0563. The van der Waals surface area contributed by atoms with Gasteiger partial charge in [-0.3, -0.25) is 9.69 Å². The first kappa shape index (κ1) is 15.4. The van der Waals surface area contributed by atoms with Crippen molar-refractivity contribution in [3.05, 3.63) is 35.9 Å². The van der Waals surface area contributed by atoms with E-state index in [-0.39, 0.29) is 17.4 Å². The van der Waals surface area contributed by atoms with Gasteiger partial charge in [-0.1, -0.05) is 5.16 Å². The van der Waals surface area contributed by atoms with Crippen LogP contribution in [0.15, 0.2) is 27.3 Å². The summed E-state index contributed by atoms with van der Waals surface area (Å²) in [5.41, 5.74) is 0.230. The largest absolute Gasteiger partial charge is 0.459 e. The van der Waals surface area contributed by atoms with Crippen molar-refractivity contribution in [2.45, 2.75) is 32.2 Å². The molecule has 0 aliphatic carbocycles. The molecular formula is C17H22N4O3. The van der Waals surface area contributed by atoms with Crippen LogP contribution in [0.2, 0.25) is 0 Å². The van der Waals surface area contributed by atoms with Crippen molar-refractivity contribution in [2.75, 3.05) is 26.7 Å². The Labute approximate surface area is 140 Å². The lowest BCUT2D eigenvalue weighted by Crippen LogP contribution is -2.44. The molecule has 0 N–H and O–H groups in total. The Balaban J connectivity index is 1.43. The van der Waals surface area contributed by atoms with E-state index >= 15 is 0 Å². The maximum Gasteiger partial charge on any atom is 0.289 e.